The number of aliphatic hydroxyl groups is 1. The minimum absolute atomic E-state index is 0.149. The van der Waals surface area contributed by atoms with Crippen molar-refractivity contribution in [2.24, 2.45) is 5.41 Å². The van der Waals surface area contributed by atoms with Crippen LogP contribution < -0.4 is 4.74 Å². The van der Waals surface area contributed by atoms with Crippen molar-refractivity contribution in [3.8, 4) is 5.75 Å². The standard InChI is InChI=1S/C16H24O2/c1-11-8-15(18-4)13(3)12(2)14(11)9-16(10-17)6-5-7-16/h8,17H,5-7,9-10H2,1-4H3. The second-order valence-electron chi connectivity index (χ2n) is 5.81. The van der Waals surface area contributed by atoms with E-state index in [0.717, 1.165) is 25.0 Å². The van der Waals surface area contributed by atoms with Crippen LogP contribution in [0.5, 0.6) is 5.75 Å². The third-order valence-corrected chi connectivity index (χ3v) is 4.73. The zero-order valence-electron chi connectivity index (χ0n) is 12.0. The van der Waals surface area contributed by atoms with Gasteiger partial charge in [0, 0.05) is 6.61 Å². The van der Waals surface area contributed by atoms with Crippen LogP contribution in [-0.2, 0) is 6.42 Å². The predicted molar refractivity (Wildman–Crippen MR) is 74.3 cm³/mol. The molecule has 100 valence electrons. The first-order valence-electron chi connectivity index (χ1n) is 6.77. The fraction of sp³-hybridized carbons (Fsp3) is 0.625. The van der Waals surface area contributed by atoms with E-state index in [1.54, 1.807) is 7.11 Å². The highest BCUT2D eigenvalue weighted by Crippen LogP contribution is 2.44. The van der Waals surface area contributed by atoms with Gasteiger partial charge >= 0.3 is 0 Å². The van der Waals surface area contributed by atoms with Gasteiger partial charge in [0.2, 0.25) is 0 Å². The van der Waals surface area contributed by atoms with Crippen LogP contribution >= 0.6 is 0 Å². The van der Waals surface area contributed by atoms with E-state index in [1.165, 1.54) is 28.7 Å². The molecule has 1 N–H and O–H groups in total. The molecule has 18 heavy (non-hydrogen) atoms. The van der Waals surface area contributed by atoms with Crippen LogP contribution in [0.1, 0.15) is 41.5 Å². The fourth-order valence-corrected chi connectivity index (χ4v) is 3.03. The lowest BCUT2D eigenvalue weighted by atomic mass is 9.65. The Balaban J connectivity index is 2.36. The van der Waals surface area contributed by atoms with Crippen LogP contribution in [-0.4, -0.2) is 18.8 Å². The van der Waals surface area contributed by atoms with Gasteiger partial charge in [-0.3, -0.25) is 0 Å². The van der Waals surface area contributed by atoms with E-state index < -0.39 is 0 Å². The number of aryl methyl sites for hydroxylation is 1. The van der Waals surface area contributed by atoms with E-state index in [-0.39, 0.29) is 5.41 Å². The maximum absolute atomic E-state index is 9.63. The monoisotopic (exact) mass is 248 g/mol. The van der Waals surface area contributed by atoms with Crippen LogP contribution in [0.3, 0.4) is 0 Å². The zero-order valence-corrected chi connectivity index (χ0v) is 12.0. The van der Waals surface area contributed by atoms with Gasteiger partial charge in [-0.25, -0.2) is 0 Å². The Morgan fingerprint density at radius 2 is 1.89 bits per heavy atom. The van der Waals surface area contributed by atoms with Gasteiger partial charge in [-0.05, 0) is 73.8 Å². The van der Waals surface area contributed by atoms with E-state index in [4.69, 9.17) is 4.74 Å². The Kier molecular flexibility index (Phi) is 3.67. The summed E-state index contributed by atoms with van der Waals surface area (Å²) in [6, 6.07) is 2.13. The van der Waals surface area contributed by atoms with Gasteiger partial charge in [0.15, 0.2) is 0 Å². The number of methoxy groups -OCH3 is 1. The molecule has 0 radical (unpaired) electrons. The van der Waals surface area contributed by atoms with E-state index in [0.29, 0.717) is 6.61 Å². The molecule has 0 heterocycles. The Hall–Kier alpha value is -1.02. The molecule has 0 aromatic heterocycles. The van der Waals surface area contributed by atoms with Gasteiger partial charge in [-0.15, -0.1) is 0 Å². The molecule has 1 aliphatic carbocycles. The summed E-state index contributed by atoms with van der Waals surface area (Å²) in [6.45, 7) is 6.75. The highest BCUT2D eigenvalue weighted by atomic mass is 16.5. The fourth-order valence-electron chi connectivity index (χ4n) is 3.03. The summed E-state index contributed by atoms with van der Waals surface area (Å²) in [6.07, 6.45) is 4.58. The van der Waals surface area contributed by atoms with Gasteiger partial charge < -0.3 is 9.84 Å². The van der Waals surface area contributed by atoms with Crippen LogP contribution in [0.25, 0.3) is 0 Å². The molecule has 0 bridgehead atoms. The quantitative estimate of drug-likeness (QED) is 0.885. The lowest BCUT2D eigenvalue weighted by Crippen LogP contribution is -2.36. The number of benzene rings is 1. The molecule has 1 aromatic rings. The molecule has 2 rings (SSSR count). The second-order valence-corrected chi connectivity index (χ2v) is 5.81. The summed E-state index contributed by atoms with van der Waals surface area (Å²) in [5, 5.41) is 9.63. The molecule has 2 nitrogen and oxygen atoms in total. The summed E-state index contributed by atoms with van der Waals surface area (Å²) >= 11 is 0. The molecular weight excluding hydrogens is 224 g/mol. The van der Waals surface area contributed by atoms with Crippen LogP contribution in [0.4, 0.5) is 0 Å². The van der Waals surface area contributed by atoms with Crippen molar-refractivity contribution in [3.63, 3.8) is 0 Å². The maximum atomic E-state index is 9.63. The number of aliphatic hydroxyl groups excluding tert-OH is 1. The largest absolute Gasteiger partial charge is 0.496 e. The minimum atomic E-state index is 0.149. The number of rotatable bonds is 4. The highest BCUT2D eigenvalue weighted by Gasteiger charge is 2.37. The molecule has 0 atom stereocenters. The molecule has 2 heteroatoms. The van der Waals surface area contributed by atoms with Gasteiger partial charge in [0.25, 0.3) is 0 Å². The molecular formula is C16H24O2. The first-order chi connectivity index (χ1) is 8.53. The predicted octanol–water partition coefficient (Wildman–Crippen LogP) is 3.33. The van der Waals surface area contributed by atoms with E-state index in [9.17, 15) is 5.11 Å². The lowest BCUT2D eigenvalue weighted by Gasteiger charge is -2.41. The first-order valence-corrected chi connectivity index (χ1v) is 6.77. The minimum Gasteiger partial charge on any atom is -0.496 e. The average molecular weight is 248 g/mol. The van der Waals surface area contributed by atoms with Gasteiger partial charge in [0.1, 0.15) is 5.75 Å². The summed E-state index contributed by atoms with van der Waals surface area (Å²) < 4.78 is 5.41. The first kappa shape index (κ1) is 13.4. The molecule has 1 fully saturated rings. The van der Waals surface area contributed by atoms with Gasteiger partial charge in [0.05, 0.1) is 7.11 Å². The molecule has 0 aliphatic heterocycles. The Labute approximate surface area is 110 Å². The summed E-state index contributed by atoms with van der Waals surface area (Å²) in [4.78, 5) is 0. The van der Waals surface area contributed by atoms with Crippen molar-refractivity contribution >= 4 is 0 Å². The third-order valence-electron chi connectivity index (χ3n) is 4.73. The summed E-state index contributed by atoms with van der Waals surface area (Å²) in [7, 11) is 1.72. The summed E-state index contributed by atoms with van der Waals surface area (Å²) in [5.74, 6) is 0.973. The van der Waals surface area contributed by atoms with Crippen molar-refractivity contribution in [2.75, 3.05) is 13.7 Å². The SMILES string of the molecule is COc1cc(C)c(CC2(CO)CCC2)c(C)c1C. The molecule has 0 saturated heterocycles. The number of hydrogen-bond donors (Lipinski definition) is 1. The molecule has 0 amide bonds. The maximum Gasteiger partial charge on any atom is 0.122 e. The molecule has 0 unspecified atom stereocenters. The molecule has 1 saturated carbocycles. The van der Waals surface area contributed by atoms with E-state index >= 15 is 0 Å². The normalized spacial score (nSPS) is 17.4. The average Bonchev–Trinajstić information content (AvgIpc) is 2.32. The topological polar surface area (TPSA) is 29.5 Å². The third kappa shape index (κ3) is 2.14. The number of ether oxygens (including phenoxy) is 1. The smallest absolute Gasteiger partial charge is 0.122 e. The summed E-state index contributed by atoms with van der Waals surface area (Å²) in [5.41, 5.74) is 5.39. The van der Waals surface area contributed by atoms with Gasteiger partial charge in [-0.2, -0.15) is 0 Å². The van der Waals surface area contributed by atoms with Crippen molar-refractivity contribution in [3.05, 3.63) is 28.3 Å². The van der Waals surface area contributed by atoms with E-state index in [2.05, 4.69) is 26.8 Å². The van der Waals surface area contributed by atoms with Crippen molar-refractivity contribution in [1.82, 2.24) is 0 Å². The molecule has 1 aromatic carbocycles. The van der Waals surface area contributed by atoms with Crippen LogP contribution in [0, 0.1) is 26.2 Å². The van der Waals surface area contributed by atoms with Crippen molar-refractivity contribution in [2.45, 2.75) is 46.5 Å². The molecule has 0 spiro atoms. The zero-order chi connectivity index (χ0) is 13.3. The van der Waals surface area contributed by atoms with Crippen molar-refractivity contribution < 1.29 is 9.84 Å². The number of hydrogen-bond acceptors (Lipinski definition) is 2. The molecule has 1 aliphatic rings. The van der Waals surface area contributed by atoms with Crippen LogP contribution in [0.2, 0.25) is 0 Å². The van der Waals surface area contributed by atoms with Crippen LogP contribution in [0.15, 0.2) is 6.07 Å². The van der Waals surface area contributed by atoms with Gasteiger partial charge in [-0.1, -0.05) is 6.42 Å². The Morgan fingerprint density at radius 1 is 1.22 bits per heavy atom. The van der Waals surface area contributed by atoms with Crippen molar-refractivity contribution in [1.29, 1.82) is 0 Å². The Morgan fingerprint density at radius 3 is 2.33 bits per heavy atom. The van der Waals surface area contributed by atoms with E-state index in [1.807, 2.05) is 0 Å². The Bertz CT molecular complexity index is 439. The highest BCUT2D eigenvalue weighted by molar-refractivity contribution is 5.48. The second kappa shape index (κ2) is 4.93. The lowest BCUT2D eigenvalue weighted by molar-refractivity contribution is 0.0447.